The zero-order chi connectivity index (χ0) is 10.9. The molecular weight excluding hydrogens is 190 g/mol. The second-order valence-electron chi connectivity index (χ2n) is 5.13. The van der Waals surface area contributed by atoms with E-state index in [1.165, 1.54) is 6.54 Å². The number of piperidine rings is 1. The van der Waals surface area contributed by atoms with E-state index < -0.39 is 0 Å². The van der Waals surface area contributed by atoms with Gasteiger partial charge in [-0.15, -0.1) is 0 Å². The second-order valence-corrected chi connectivity index (χ2v) is 5.13. The first-order valence-corrected chi connectivity index (χ1v) is 5.81. The monoisotopic (exact) mass is 211 g/mol. The van der Waals surface area contributed by atoms with Crippen molar-refractivity contribution in [2.24, 2.45) is 16.6 Å². The maximum atomic E-state index is 5.64. The van der Waals surface area contributed by atoms with Crippen molar-refractivity contribution in [3.05, 3.63) is 0 Å². The summed E-state index contributed by atoms with van der Waals surface area (Å²) in [6.07, 6.45) is 2.12. The van der Waals surface area contributed by atoms with Crippen molar-refractivity contribution in [2.45, 2.75) is 32.3 Å². The molecule has 0 bridgehead atoms. The lowest BCUT2D eigenvalue weighted by Gasteiger charge is -2.38. The number of amidine groups is 1. The average Bonchev–Trinajstić information content (AvgIpc) is 2.52. The SMILES string of the molecule is CC(C)CN1CCC2(CC1)CN=C(N)O2. The topological polar surface area (TPSA) is 50.8 Å². The average molecular weight is 211 g/mol. The van der Waals surface area contributed by atoms with Crippen molar-refractivity contribution in [3.63, 3.8) is 0 Å². The van der Waals surface area contributed by atoms with Gasteiger partial charge in [-0.3, -0.25) is 0 Å². The summed E-state index contributed by atoms with van der Waals surface area (Å²) >= 11 is 0. The Morgan fingerprint density at radius 2 is 2.13 bits per heavy atom. The fraction of sp³-hybridized carbons (Fsp3) is 0.909. The lowest BCUT2D eigenvalue weighted by molar-refractivity contribution is 0.0108. The van der Waals surface area contributed by atoms with Crippen molar-refractivity contribution in [1.82, 2.24) is 4.90 Å². The maximum absolute atomic E-state index is 5.64. The van der Waals surface area contributed by atoms with Crippen molar-refractivity contribution in [3.8, 4) is 0 Å². The lowest BCUT2D eigenvalue weighted by atomic mass is 9.91. The van der Waals surface area contributed by atoms with Gasteiger partial charge in [0.2, 0.25) is 0 Å². The Hall–Kier alpha value is -0.770. The van der Waals surface area contributed by atoms with Gasteiger partial charge >= 0.3 is 0 Å². The van der Waals surface area contributed by atoms with E-state index in [9.17, 15) is 0 Å². The number of aliphatic imine (C=N–C) groups is 1. The fourth-order valence-corrected chi connectivity index (χ4v) is 2.43. The molecule has 2 aliphatic rings. The molecule has 0 atom stereocenters. The molecule has 2 aliphatic heterocycles. The zero-order valence-corrected chi connectivity index (χ0v) is 9.70. The molecule has 0 aromatic heterocycles. The molecule has 0 radical (unpaired) electrons. The van der Waals surface area contributed by atoms with Gasteiger partial charge in [0.15, 0.2) is 0 Å². The third-order valence-corrected chi connectivity index (χ3v) is 3.23. The van der Waals surface area contributed by atoms with E-state index in [0.29, 0.717) is 6.02 Å². The van der Waals surface area contributed by atoms with Crippen molar-refractivity contribution in [2.75, 3.05) is 26.2 Å². The van der Waals surface area contributed by atoms with Crippen LogP contribution in [0, 0.1) is 5.92 Å². The quantitative estimate of drug-likeness (QED) is 0.736. The summed E-state index contributed by atoms with van der Waals surface area (Å²) in [5.74, 6) is 0.741. The number of rotatable bonds is 2. The summed E-state index contributed by atoms with van der Waals surface area (Å²) in [7, 11) is 0. The van der Waals surface area contributed by atoms with Gasteiger partial charge in [-0.05, 0) is 5.92 Å². The predicted octanol–water partition coefficient (Wildman–Crippen LogP) is 0.822. The molecule has 0 aromatic rings. The van der Waals surface area contributed by atoms with Crippen LogP contribution >= 0.6 is 0 Å². The van der Waals surface area contributed by atoms with Crippen LogP contribution in [0.5, 0.6) is 0 Å². The van der Waals surface area contributed by atoms with Crippen LogP contribution in [0.2, 0.25) is 0 Å². The van der Waals surface area contributed by atoms with E-state index >= 15 is 0 Å². The Morgan fingerprint density at radius 1 is 1.47 bits per heavy atom. The summed E-state index contributed by atoms with van der Waals surface area (Å²) in [4.78, 5) is 6.66. The van der Waals surface area contributed by atoms with Crippen LogP contribution < -0.4 is 5.73 Å². The summed E-state index contributed by atoms with van der Waals surface area (Å²) in [6.45, 7) is 8.69. The molecule has 2 rings (SSSR count). The molecule has 0 aliphatic carbocycles. The molecule has 1 fully saturated rings. The fourth-order valence-electron chi connectivity index (χ4n) is 2.43. The van der Waals surface area contributed by atoms with Crippen LogP contribution in [-0.4, -0.2) is 42.7 Å². The van der Waals surface area contributed by atoms with E-state index in [0.717, 1.165) is 38.4 Å². The Labute approximate surface area is 91.5 Å². The van der Waals surface area contributed by atoms with Crippen LogP contribution in [0.15, 0.2) is 4.99 Å². The second kappa shape index (κ2) is 4.00. The highest BCUT2D eigenvalue weighted by atomic mass is 16.5. The Kier molecular flexibility index (Phi) is 2.87. The predicted molar refractivity (Wildman–Crippen MR) is 60.8 cm³/mol. The summed E-state index contributed by atoms with van der Waals surface area (Å²) < 4.78 is 5.64. The first-order valence-electron chi connectivity index (χ1n) is 5.81. The van der Waals surface area contributed by atoms with E-state index in [2.05, 4.69) is 23.7 Å². The number of likely N-dealkylation sites (tertiary alicyclic amines) is 1. The maximum Gasteiger partial charge on any atom is 0.282 e. The van der Waals surface area contributed by atoms with E-state index in [4.69, 9.17) is 10.5 Å². The molecule has 0 saturated carbocycles. The lowest BCUT2D eigenvalue weighted by Crippen LogP contribution is -2.47. The van der Waals surface area contributed by atoms with E-state index in [1.54, 1.807) is 0 Å². The molecule has 1 spiro atoms. The van der Waals surface area contributed by atoms with Gasteiger partial charge in [0.05, 0.1) is 6.54 Å². The Bertz CT molecular complexity index is 255. The van der Waals surface area contributed by atoms with Gasteiger partial charge in [-0.1, -0.05) is 13.8 Å². The van der Waals surface area contributed by atoms with Gasteiger partial charge in [0.25, 0.3) is 6.02 Å². The summed E-state index contributed by atoms with van der Waals surface area (Å²) in [5.41, 5.74) is 5.51. The van der Waals surface area contributed by atoms with Crippen LogP contribution in [0.4, 0.5) is 0 Å². The molecule has 2 N–H and O–H groups in total. The molecule has 4 nitrogen and oxygen atoms in total. The number of ether oxygens (including phenoxy) is 1. The minimum atomic E-state index is -0.0580. The molecule has 2 heterocycles. The number of nitrogens with zero attached hydrogens (tertiary/aromatic N) is 2. The van der Waals surface area contributed by atoms with Gasteiger partial charge in [-0.2, -0.15) is 0 Å². The van der Waals surface area contributed by atoms with Gasteiger partial charge in [0.1, 0.15) is 5.60 Å². The number of hydrogen-bond donors (Lipinski definition) is 1. The van der Waals surface area contributed by atoms with E-state index in [1.807, 2.05) is 0 Å². The van der Waals surface area contributed by atoms with Crippen LogP contribution in [0.1, 0.15) is 26.7 Å². The largest absolute Gasteiger partial charge is 0.457 e. The van der Waals surface area contributed by atoms with Crippen LogP contribution in [0.3, 0.4) is 0 Å². The molecular formula is C11H21N3O. The highest BCUT2D eigenvalue weighted by Crippen LogP contribution is 2.30. The highest BCUT2D eigenvalue weighted by molar-refractivity contribution is 5.73. The third kappa shape index (κ3) is 2.43. The van der Waals surface area contributed by atoms with E-state index in [-0.39, 0.29) is 5.60 Å². The van der Waals surface area contributed by atoms with Crippen molar-refractivity contribution >= 4 is 6.02 Å². The summed E-state index contributed by atoms with van der Waals surface area (Å²) in [5, 5.41) is 0. The molecule has 86 valence electrons. The zero-order valence-electron chi connectivity index (χ0n) is 9.70. The van der Waals surface area contributed by atoms with Gasteiger partial charge in [-0.25, -0.2) is 4.99 Å². The van der Waals surface area contributed by atoms with Gasteiger partial charge < -0.3 is 15.4 Å². The van der Waals surface area contributed by atoms with Crippen LogP contribution in [-0.2, 0) is 4.74 Å². The van der Waals surface area contributed by atoms with Crippen molar-refractivity contribution in [1.29, 1.82) is 0 Å². The van der Waals surface area contributed by atoms with Crippen LogP contribution in [0.25, 0.3) is 0 Å². The van der Waals surface area contributed by atoms with Crippen molar-refractivity contribution < 1.29 is 4.74 Å². The standard InChI is InChI=1S/C11H21N3O/c1-9(2)7-14-5-3-11(4-6-14)8-13-10(12)15-11/h9H,3-8H2,1-2H3,(H2,12,13). The first-order chi connectivity index (χ1) is 7.10. The Morgan fingerprint density at radius 3 is 2.60 bits per heavy atom. The molecule has 0 unspecified atom stereocenters. The molecule has 0 aromatic carbocycles. The third-order valence-electron chi connectivity index (χ3n) is 3.23. The normalized spacial score (nSPS) is 25.7. The smallest absolute Gasteiger partial charge is 0.282 e. The summed E-state index contributed by atoms with van der Waals surface area (Å²) in [6, 6.07) is 0.382. The molecule has 4 heteroatoms. The minimum absolute atomic E-state index is 0.0580. The highest BCUT2D eigenvalue weighted by Gasteiger charge is 2.40. The number of nitrogens with two attached hydrogens (primary N) is 1. The molecule has 1 saturated heterocycles. The van der Waals surface area contributed by atoms with Gasteiger partial charge in [0, 0.05) is 32.5 Å². The minimum Gasteiger partial charge on any atom is -0.457 e. The number of hydrogen-bond acceptors (Lipinski definition) is 4. The Balaban J connectivity index is 1.82. The molecule has 0 amide bonds. The molecule has 15 heavy (non-hydrogen) atoms. The first kappa shape index (κ1) is 10.7.